The number of hydrogen-bond acceptors (Lipinski definition) is 2. The Balaban J connectivity index is -0.000000231. The van der Waals surface area contributed by atoms with Gasteiger partial charge in [0.05, 0.1) is 4.92 Å². The van der Waals surface area contributed by atoms with Crippen molar-refractivity contribution in [2.24, 2.45) is 0 Å². The van der Waals surface area contributed by atoms with Gasteiger partial charge < -0.3 is 0 Å². The molecule has 0 saturated carbocycles. The smallest absolute Gasteiger partial charge is 0.258 e. The van der Waals surface area contributed by atoms with Crippen LogP contribution in [0.25, 0.3) is 6.08 Å². The van der Waals surface area contributed by atoms with Crippen LogP contribution in [-0.2, 0) is 31.3 Å². The summed E-state index contributed by atoms with van der Waals surface area (Å²) in [6, 6.07) is 6.39. The zero-order valence-electron chi connectivity index (χ0n) is 11.9. The summed E-state index contributed by atoms with van der Waals surface area (Å²) < 4.78 is 22.5. The molecule has 4 radical (unpaired) electrons. The zero-order chi connectivity index (χ0) is 17.8. The molecule has 23 heavy (non-hydrogen) atoms. The minimum Gasteiger partial charge on any atom is -0.258 e. The standard InChI is InChI=1S/C13H12NO2.3CO.Cr/c1-2-3-4-5-6-7-12-8-10-13(11-9-12)14(15)16;3*1-2;/h2-11H,1H2;;;;/q-1;;;;/b7-6+;;;;. The molecular formula is C16H12CrNO5-. The van der Waals surface area contributed by atoms with Crippen LogP contribution < -0.4 is 0 Å². The SMILES string of the molecule is [C-]#[O+].[C-]#[O+].[C-]#[O+].[CH2][CH][CH][CH][CH-]/C=C/c1ccc([N+](=O)[O-])cc1.[Cr]. The Bertz CT molecular complexity index is 463. The van der Waals surface area contributed by atoms with Crippen LogP contribution in [0, 0.1) is 62.7 Å². The molecular weight excluding hydrogens is 338 g/mol. The van der Waals surface area contributed by atoms with E-state index in [1.807, 2.05) is 31.4 Å². The van der Waals surface area contributed by atoms with Crippen LogP contribution in [0.5, 0.6) is 0 Å². The van der Waals surface area contributed by atoms with Crippen molar-refractivity contribution in [3.63, 3.8) is 0 Å². The Morgan fingerprint density at radius 3 is 1.96 bits per heavy atom. The van der Waals surface area contributed by atoms with Gasteiger partial charge in [-0.2, -0.15) is 0 Å². The molecule has 0 saturated heterocycles. The fourth-order valence-corrected chi connectivity index (χ4v) is 1.08. The Hall–Kier alpha value is -2.02. The van der Waals surface area contributed by atoms with Gasteiger partial charge in [-0.3, -0.25) is 10.1 Å². The van der Waals surface area contributed by atoms with E-state index in [1.165, 1.54) is 12.1 Å². The summed E-state index contributed by atoms with van der Waals surface area (Å²) >= 11 is 0. The van der Waals surface area contributed by atoms with Crippen molar-refractivity contribution in [2.75, 3.05) is 0 Å². The molecule has 1 aromatic rings. The van der Waals surface area contributed by atoms with E-state index in [2.05, 4.69) is 26.9 Å². The van der Waals surface area contributed by atoms with E-state index >= 15 is 0 Å². The third-order valence-electron chi connectivity index (χ3n) is 1.86. The Morgan fingerprint density at radius 1 is 1.09 bits per heavy atom. The van der Waals surface area contributed by atoms with Crippen LogP contribution in [0.2, 0.25) is 0 Å². The molecule has 0 unspecified atom stereocenters. The van der Waals surface area contributed by atoms with E-state index in [4.69, 9.17) is 14.0 Å². The molecule has 0 heterocycles. The van der Waals surface area contributed by atoms with E-state index < -0.39 is 4.92 Å². The van der Waals surface area contributed by atoms with Crippen LogP contribution in [0.4, 0.5) is 5.69 Å². The number of nitro groups is 1. The van der Waals surface area contributed by atoms with Gasteiger partial charge in [0.2, 0.25) is 0 Å². The number of allylic oxidation sites excluding steroid dienone is 1. The molecule has 0 aliphatic rings. The number of nitrogens with zero attached hydrogens (tertiary/aromatic N) is 1. The first kappa shape index (κ1) is 29.1. The van der Waals surface area contributed by atoms with Crippen LogP contribution in [-0.4, -0.2) is 4.92 Å². The van der Waals surface area contributed by atoms with Gasteiger partial charge in [-0.1, -0.05) is 18.6 Å². The summed E-state index contributed by atoms with van der Waals surface area (Å²) in [6.45, 7) is 17.0. The van der Waals surface area contributed by atoms with Crippen LogP contribution >= 0.6 is 0 Å². The maximum absolute atomic E-state index is 10.4. The molecule has 1 aromatic carbocycles. The number of rotatable bonds is 6. The molecule has 0 bridgehead atoms. The topological polar surface area (TPSA) is 103 Å². The quantitative estimate of drug-likeness (QED) is 0.259. The predicted molar refractivity (Wildman–Crippen MR) is 76.5 cm³/mol. The van der Waals surface area contributed by atoms with E-state index in [0.717, 1.165) is 5.56 Å². The van der Waals surface area contributed by atoms with Crippen molar-refractivity contribution >= 4 is 11.8 Å². The molecule has 0 amide bonds. The van der Waals surface area contributed by atoms with Crippen LogP contribution in [0.1, 0.15) is 5.56 Å². The summed E-state index contributed by atoms with van der Waals surface area (Å²) in [5.74, 6) is 0. The van der Waals surface area contributed by atoms with Gasteiger partial charge in [0, 0.05) is 29.5 Å². The first-order valence-electron chi connectivity index (χ1n) is 5.39. The second-order valence-corrected chi connectivity index (χ2v) is 3.02. The zero-order valence-corrected chi connectivity index (χ0v) is 13.2. The summed E-state index contributed by atoms with van der Waals surface area (Å²) in [7, 11) is 0. The van der Waals surface area contributed by atoms with E-state index in [9.17, 15) is 10.1 Å². The first-order chi connectivity index (χ1) is 10.7. The summed E-state index contributed by atoms with van der Waals surface area (Å²) in [4.78, 5) is 10.00. The monoisotopic (exact) mass is 350 g/mol. The fraction of sp³-hybridized carbons (Fsp3) is 0. The maximum atomic E-state index is 10.4. The molecule has 7 heteroatoms. The molecule has 0 aromatic heterocycles. The van der Waals surface area contributed by atoms with Crippen molar-refractivity contribution in [3.8, 4) is 0 Å². The summed E-state index contributed by atoms with van der Waals surface area (Å²) in [5, 5.41) is 10.4. The second-order valence-electron chi connectivity index (χ2n) is 3.02. The van der Waals surface area contributed by atoms with E-state index in [-0.39, 0.29) is 23.0 Å². The molecule has 0 aliphatic carbocycles. The number of nitro benzene ring substituents is 1. The molecule has 0 atom stereocenters. The average molecular weight is 350 g/mol. The number of hydrogen-bond donors (Lipinski definition) is 0. The predicted octanol–water partition coefficient (Wildman–Crippen LogP) is 3.14. The largest absolute Gasteiger partial charge is 0.269 e. The number of benzene rings is 1. The summed E-state index contributed by atoms with van der Waals surface area (Å²) in [6.07, 6.45) is 11.0. The van der Waals surface area contributed by atoms with E-state index in [0.29, 0.717) is 0 Å². The maximum Gasteiger partial charge on any atom is 0.269 e. The molecule has 6 nitrogen and oxygen atoms in total. The molecule has 0 N–H and O–H groups in total. The second kappa shape index (κ2) is 25.0. The van der Waals surface area contributed by atoms with Gasteiger partial charge in [-0.05, 0) is 19.8 Å². The Morgan fingerprint density at radius 2 is 1.57 bits per heavy atom. The molecule has 0 fully saturated rings. The third kappa shape index (κ3) is 17.9. The van der Waals surface area contributed by atoms with Gasteiger partial charge in [0.15, 0.2) is 0 Å². The minimum absolute atomic E-state index is 0. The number of unbranched alkanes of at least 4 members (excludes halogenated alkanes) is 3. The van der Waals surface area contributed by atoms with Gasteiger partial charge in [0.25, 0.3) is 5.69 Å². The van der Waals surface area contributed by atoms with Crippen molar-refractivity contribution in [3.05, 3.63) is 98.6 Å². The van der Waals surface area contributed by atoms with Crippen molar-refractivity contribution in [2.45, 2.75) is 0 Å². The van der Waals surface area contributed by atoms with Gasteiger partial charge in [-0.25, -0.2) is 18.6 Å². The summed E-state index contributed by atoms with van der Waals surface area (Å²) in [5.41, 5.74) is 1.03. The molecule has 0 spiro atoms. The van der Waals surface area contributed by atoms with Crippen molar-refractivity contribution in [1.29, 1.82) is 0 Å². The molecule has 118 valence electrons. The average Bonchev–Trinajstić information content (AvgIpc) is 2.60. The van der Waals surface area contributed by atoms with Gasteiger partial charge in [0.1, 0.15) is 0 Å². The first-order valence-corrected chi connectivity index (χ1v) is 5.39. The minimum atomic E-state index is -0.410. The molecule has 1 rings (SSSR count). The van der Waals surface area contributed by atoms with Crippen molar-refractivity contribution in [1.82, 2.24) is 0 Å². The van der Waals surface area contributed by atoms with E-state index in [1.54, 1.807) is 18.6 Å². The van der Waals surface area contributed by atoms with Gasteiger partial charge >= 0.3 is 33.9 Å². The third-order valence-corrected chi connectivity index (χ3v) is 1.86. The number of non-ortho nitro benzene ring substituents is 1. The molecule has 0 aliphatic heterocycles. The normalized spacial score (nSPS) is 7.61. The van der Waals surface area contributed by atoms with Crippen LogP contribution in [0.3, 0.4) is 0 Å². The van der Waals surface area contributed by atoms with Gasteiger partial charge in [-0.15, -0.1) is 5.56 Å². The van der Waals surface area contributed by atoms with Crippen LogP contribution in [0.15, 0.2) is 30.3 Å². The van der Waals surface area contributed by atoms with Crippen molar-refractivity contribution < 1.29 is 36.2 Å². The Kier molecular flexibility index (Phi) is 31.5. The Labute approximate surface area is 147 Å². The fourth-order valence-electron chi connectivity index (χ4n) is 1.08.